The smallest absolute Gasteiger partial charge is 0.280 e. The number of alkyl halides is 2. The Morgan fingerprint density at radius 2 is 0.765 bits per heavy atom. The second-order valence-corrected chi connectivity index (χ2v) is 46.4. The Labute approximate surface area is 812 Å². The van der Waals surface area contributed by atoms with E-state index in [1.54, 1.807) is 87.1 Å². The number of hydrogen-bond acceptors (Lipinski definition) is 28. The number of anilines is 4. The zero-order valence-electron chi connectivity index (χ0n) is 83.0. The molecule has 8 aromatic rings. The van der Waals surface area contributed by atoms with Gasteiger partial charge in [-0.1, -0.05) is 20.8 Å². The highest BCUT2D eigenvalue weighted by Gasteiger charge is 2.48. The fourth-order valence-corrected chi connectivity index (χ4v) is 20.9. The number of carbonyl (C=O) groups excluding carboxylic acids is 8. The highest BCUT2D eigenvalue weighted by atomic mass is 32.1. The van der Waals surface area contributed by atoms with Crippen LogP contribution < -0.4 is 42.5 Å². The highest BCUT2D eigenvalue weighted by Crippen LogP contribution is 2.45. The molecule has 1 aliphatic carbocycles. The Kier molecular flexibility index (Phi) is 33.3. The van der Waals surface area contributed by atoms with Crippen molar-refractivity contribution in [3.63, 3.8) is 0 Å². The average molecular weight is 1950 g/mol. The van der Waals surface area contributed by atoms with Gasteiger partial charge in [-0.25, -0.2) is 48.7 Å². The maximum absolute atomic E-state index is 14.0. The molecule has 2 bridgehead atoms. The van der Waals surface area contributed by atoms with E-state index in [1.165, 1.54) is 40.4 Å². The Morgan fingerprint density at radius 1 is 0.441 bits per heavy atom. The number of carbonyl (C=O) groups is 8. The number of thiazole rings is 4. The molecule has 8 amide bonds. The topological polar surface area (TPSA) is 430 Å². The number of aromatic nitrogens is 8. The molecule has 3 atom stereocenters. The summed E-state index contributed by atoms with van der Waals surface area (Å²) in [5.41, 5.74) is 3.21. The zero-order chi connectivity index (χ0) is 100. The van der Waals surface area contributed by atoms with Crippen LogP contribution in [0.25, 0.3) is 41.8 Å². The Hall–Kier alpha value is -10.2. The van der Waals surface area contributed by atoms with Crippen molar-refractivity contribution in [2.24, 2.45) is 5.41 Å². The number of amides is 8. The quantitative estimate of drug-likeness (QED) is 0.0227. The average Bonchev–Trinajstić information content (AvgIpc) is 1.61. The molecule has 1 saturated carbocycles. The van der Waals surface area contributed by atoms with E-state index in [4.69, 9.17) is 0 Å². The minimum Gasteiger partial charge on any atom is -0.389 e. The fourth-order valence-electron chi connectivity index (χ4n) is 16.7. The predicted molar refractivity (Wildman–Crippen MR) is 533 cm³/mol. The number of halogens is 2. The summed E-state index contributed by atoms with van der Waals surface area (Å²) in [6.07, 6.45) is 17.9. The van der Waals surface area contributed by atoms with E-state index < -0.39 is 76.9 Å². The van der Waals surface area contributed by atoms with Crippen molar-refractivity contribution in [1.82, 2.24) is 80.7 Å². The number of rotatable bonds is 27. The first-order valence-corrected chi connectivity index (χ1v) is 50.1. The lowest BCUT2D eigenvalue weighted by atomic mass is 9.78. The van der Waals surface area contributed by atoms with E-state index in [2.05, 4.69) is 110 Å². The van der Waals surface area contributed by atoms with Crippen LogP contribution in [0.5, 0.6) is 0 Å². The van der Waals surface area contributed by atoms with E-state index in [1.807, 2.05) is 115 Å². The van der Waals surface area contributed by atoms with E-state index in [0.717, 1.165) is 143 Å². The molecule has 0 aromatic carbocycles. The van der Waals surface area contributed by atoms with Crippen molar-refractivity contribution in [3.8, 4) is 41.8 Å². The molecule has 740 valence electrons. The number of nitrogens with zero attached hydrogens (tertiary/aromatic N) is 12. The molecular formula is C98H138F2N20O12S4. The fraction of sp³-hybridized carbons (Fsp3) is 0.592. The molecule has 0 radical (unpaired) electrons. The second kappa shape index (κ2) is 42.6. The minimum absolute atomic E-state index is 0.00232. The molecule has 0 spiro atoms. The van der Waals surface area contributed by atoms with Crippen LogP contribution in [0.3, 0.4) is 0 Å². The molecule has 8 aromatic heterocycles. The molecule has 6 aliphatic rings. The van der Waals surface area contributed by atoms with Crippen molar-refractivity contribution < 1.29 is 67.6 Å². The van der Waals surface area contributed by atoms with Gasteiger partial charge in [-0.15, -0.1) is 45.3 Å². The van der Waals surface area contributed by atoms with Crippen molar-refractivity contribution in [2.45, 2.75) is 319 Å². The van der Waals surface area contributed by atoms with Gasteiger partial charge in [0, 0.05) is 147 Å². The Morgan fingerprint density at radius 3 is 1.07 bits per heavy atom. The molecule has 38 heteroatoms. The van der Waals surface area contributed by atoms with Crippen LogP contribution in [0.15, 0.2) is 49.1 Å². The standard InChI is InChI=1S/C26H37N5O3S.C25H35N5O3S.C24H33F2N5O3S.C23H33N5O3S/c1-15-11-19(28-13-25(2,3)4)27-12-18(15)21-20(24(33)31-16-7-8-17(31)10-9-16)30-23(35-21)22(32)29-14-26(5,6)34;1-15-12-18(29-25(5)9-7-10-25)26-13-17(15)20-19(23(32)30-11-6-8-16(30)2)28-22(34-20)21(31)27-14-24(3,4)33;1-13-8-16(30-22(3,4)5)27-10-15(13)18-17(21(33)31-12-24(25,26)9-14(31)2)29-20(35-18)19(32)28-11-23(6,7)34;1-13(2)26-17-10-14(3)16(11-24-17)19-18(22(30)28-9-7-8-15(28)4)27-21(32-19)20(29)25-12-23(5,6)31/h11-12,16-17,34H,7-10,13-14H2,1-6H3,(H,27,28)(H,29,32);12-13,16,33H,6-11,14H2,1-5H3,(H,26,29)(H,27,31);8,10,14,34H,9,11-12H2,1-7H3,(H,27,30)(H,28,32);10-11,13,15,31H,7-9,12H2,1-6H3,(H,24,26)(H,25,29)/t;16-;14-;15-/m.000/s1. The number of aryl methyl sites for hydroxylation is 4. The molecule has 6 fully saturated rings. The second-order valence-electron chi connectivity index (χ2n) is 42.4. The summed E-state index contributed by atoms with van der Waals surface area (Å²) in [5, 5.41) is 64.7. The molecule has 136 heavy (non-hydrogen) atoms. The first-order valence-electron chi connectivity index (χ1n) is 46.8. The molecule has 12 N–H and O–H groups in total. The van der Waals surface area contributed by atoms with Crippen molar-refractivity contribution in [3.05, 3.63) is 114 Å². The van der Waals surface area contributed by atoms with Crippen LogP contribution in [0.1, 0.15) is 319 Å². The lowest BCUT2D eigenvalue weighted by Gasteiger charge is -2.39. The van der Waals surface area contributed by atoms with Crippen LogP contribution in [0.4, 0.5) is 32.1 Å². The van der Waals surface area contributed by atoms with Gasteiger partial charge in [0.15, 0.2) is 20.0 Å². The number of hydrogen-bond donors (Lipinski definition) is 12. The van der Waals surface area contributed by atoms with Gasteiger partial charge >= 0.3 is 0 Å². The number of nitrogens with one attached hydrogen (secondary N) is 8. The van der Waals surface area contributed by atoms with Gasteiger partial charge in [-0.3, -0.25) is 38.4 Å². The lowest BCUT2D eigenvalue weighted by molar-refractivity contribution is 0.0117. The molecule has 5 aliphatic heterocycles. The molecule has 14 rings (SSSR count). The van der Waals surface area contributed by atoms with Gasteiger partial charge in [0.1, 0.15) is 46.0 Å². The number of fused-ring (bicyclic) bond motifs is 2. The summed E-state index contributed by atoms with van der Waals surface area (Å²) >= 11 is 4.58. The first kappa shape index (κ1) is 106. The van der Waals surface area contributed by atoms with Crippen LogP contribution >= 0.6 is 45.3 Å². The van der Waals surface area contributed by atoms with E-state index in [-0.39, 0.29) is 122 Å². The van der Waals surface area contributed by atoms with Crippen molar-refractivity contribution in [2.75, 3.05) is 73.6 Å². The van der Waals surface area contributed by atoms with Crippen LogP contribution in [-0.2, 0) is 0 Å². The third-order valence-corrected chi connectivity index (χ3v) is 28.3. The number of aliphatic hydroxyl groups is 4. The summed E-state index contributed by atoms with van der Waals surface area (Å²) in [4.78, 5) is 150. The zero-order valence-corrected chi connectivity index (χ0v) is 86.3. The SMILES string of the molecule is Cc1cc(NC(C)(C)C)ncc1-c1sc(C(=O)NCC(C)(C)O)nc1C(=O)N1CC(F)(F)C[C@@H]1C.Cc1cc(NC(C)C)ncc1-c1sc(C(=O)NCC(C)(C)O)nc1C(=O)N1CCC[C@@H]1C.Cc1cc(NC2(C)CCC2)ncc1-c1sc(C(=O)NCC(C)(C)O)nc1C(=O)N1CCC[C@@H]1C.Cc1cc(NCC(C)(C)C)ncc1-c1sc(C(=O)NCC(C)(C)O)nc1C(=O)N1C2CCC1CC2. The largest absolute Gasteiger partial charge is 0.389 e. The summed E-state index contributed by atoms with van der Waals surface area (Å²) in [5.74, 6) is -2.80. The number of pyridine rings is 4. The monoisotopic (exact) mass is 1950 g/mol. The van der Waals surface area contributed by atoms with Crippen molar-refractivity contribution in [1.29, 1.82) is 0 Å². The summed E-state index contributed by atoms with van der Waals surface area (Å²) in [7, 11) is 0. The number of likely N-dealkylation sites (tertiary alicyclic amines) is 3. The van der Waals surface area contributed by atoms with Crippen LogP contribution in [0, 0.1) is 33.1 Å². The normalized spacial score (nSPS) is 18.5. The van der Waals surface area contributed by atoms with Crippen LogP contribution in [-0.4, -0.2) is 255 Å². The Balaban J connectivity index is 0.000000174. The molecule has 13 heterocycles. The summed E-state index contributed by atoms with van der Waals surface area (Å²) in [6.45, 7) is 46.8. The van der Waals surface area contributed by atoms with Gasteiger partial charge in [-0.05, 0) is 268 Å². The van der Waals surface area contributed by atoms with Gasteiger partial charge in [-0.2, -0.15) is 0 Å². The third-order valence-electron chi connectivity index (χ3n) is 24.0. The molecular weight excluding hydrogens is 1820 g/mol. The van der Waals surface area contributed by atoms with E-state index in [9.17, 15) is 67.6 Å². The maximum Gasteiger partial charge on any atom is 0.280 e. The summed E-state index contributed by atoms with van der Waals surface area (Å²) < 4.78 is 28.0. The first-order chi connectivity index (χ1) is 63.2. The minimum atomic E-state index is -2.98. The van der Waals surface area contributed by atoms with Gasteiger partial charge in [0.25, 0.3) is 53.2 Å². The van der Waals surface area contributed by atoms with Gasteiger partial charge in [0.05, 0.1) is 48.5 Å². The maximum atomic E-state index is 14.0. The van der Waals surface area contributed by atoms with Gasteiger partial charge < -0.3 is 82.6 Å². The predicted octanol–water partition coefficient (Wildman–Crippen LogP) is 15.8. The molecule has 5 saturated heterocycles. The van der Waals surface area contributed by atoms with Crippen molar-refractivity contribution >= 4 is 116 Å². The van der Waals surface area contributed by atoms with E-state index >= 15 is 0 Å². The highest BCUT2D eigenvalue weighted by molar-refractivity contribution is 7.18. The van der Waals surface area contributed by atoms with E-state index in [0.29, 0.717) is 55.4 Å². The lowest BCUT2D eigenvalue weighted by Crippen LogP contribution is -2.41. The van der Waals surface area contributed by atoms with Gasteiger partial charge in [0.2, 0.25) is 0 Å². The molecule has 0 unspecified atom stereocenters. The van der Waals surface area contributed by atoms with Crippen LogP contribution in [0.2, 0.25) is 0 Å². The molecule has 32 nitrogen and oxygen atoms in total. The third kappa shape index (κ3) is 28.1. The Bertz CT molecular complexity index is 5670. The summed E-state index contributed by atoms with van der Waals surface area (Å²) in [6, 6.07) is 8.13.